The van der Waals surface area contributed by atoms with E-state index in [1.807, 2.05) is 23.3 Å². The number of hydrazine groups is 2. The number of aromatic nitrogens is 1. The molecular formula is C32H31ClFN7. The van der Waals surface area contributed by atoms with Crippen LogP contribution in [0, 0.1) is 24.1 Å². The predicted octanol–water partition coefficient (Wildman–Crippen LogP) is 7.25. The fraction of sp³-hybridized carbons (Fsp3) is 0.250. The Kier molecular flexibility index (Phi) is 7.05. The summed E-state index contributed by atoms with van der Waals surface area (Å²) in [5, 5.41) is 19.9. The standard InChI is InChI=1S/C32H31ClFN7/c1-3-28(21-6-4-5-19(2)13-21)38-30-22(16-35)17-36-32-26(30)14-24(15-27(32)33)37-31(20-7-9-23(34)10-8-20)29-18-41(40-39-29)25-11-12-25/h4-10,13-15,17-18,25,28,31,37,39-40H,3,11-12H2,1-2H3,(H,36,38)/t28-,31-/m1/s1/i31D. The van der Waals surface area contributed by atoms with E-state index in [1.54, 1.807) is 18.2 Å². The van der Waals surface area contributed by atoms with Crippen molar-refractivity contribution in [1.82, 2.24) is 21.0 Å². The van der Waals surface area contributed by atoms with Crippen LogP contribution in [-0.2, 0) is 0 Å². The smallest absolute Gasteiger partial charge is 0.123 e. The fourth-order valence-electron chi connectivity index (χ4n) is 5.11. The lowest BCUT2D eigenvalue weighted by Gasteiger charge is -2.24. The predicted molar refractivity (Wildman–Crippen MR) is 161 cm³/mol. The van der Waals surface area contributed by atoms with Gasteiger partial charge in [0.1, 0.15) is 11.9 Å². The van der Waals surface area contributed by atoms with Crippen molar-refractivity contribution in [2.45, 2.75) is 51.2 Å². The summed E-state index contributed by atoms with van der Waals surface area (Å²) < 4.78 is 23.5. The number of nitrogens with zero attached hydrogens (tertiary/aromatic N) is 3. The van der Waals surface area contributed by atoms with Crippen LogP contribution in [0.25, 0.3) is 10.9 Å². The summed E-state index contributed by atoms with van der Waals surface area (Å²) in [5.74, 6) is -0.383. The minimum atomic E-state index is -1.53. The number of aryl methyl sites for hydroxylation is 1. The van der Waals surface area contributed by atoms with Gasteiger partial charge in [0.2, 0.25) is 0 Å². The van der Waals surface area contributed by atoms with Gasteiger partial charge in [-0.15, -0.1) is 5.53 Å². The van der Waals surface area contributed by atoms with Crippen molar-refractivity contribution in [3.63, 3.8) is 0 Å². The van der Waals surface area contributed by atoms with Crippen LogP contribution in [0.4, 0.5) is 15.8 Å². The number of nitrogens with one attached hydrogen (secondary N) is 4. The highest BCUT2D eigenvalue weighted by atomic mass is 35.5. The van der Waals surface area contributed by atoms with E-state index < -0.39 is 6.02 Å². The number of hydrogen-bond donors (Lipinski definition) is 4. The van der Waals surface area contributed by atoms with E-state index >= 15 is 0 Å². The van der Waals surface area contributed by atoms with Crippen molar-refractivity contribution < 1.29 is 5.76 Å². The molecule has 6 rings (SSSR count). The molecule has 1 aromatic heterocycles. The summed E-state index contributed by atoms with van der Waals surface area (Å²) in [5.41, 5.74) is 11.7. The van der Waals surface area contributed by atoms with Crippen molar-refractivity contribution in [2.75, 3.05) is 10.6 Å². The van der Waals surface area contributed by atoms with Crippen LogP contribution < -0.4 is 21.6 Å². The van der Waals surface area contributed by atoms with Gasteiger partial charge in [-0.25, -0.2) is 4.39 Å². The first-order valence-electron chi connectivity index (χ1n) is 14.2. The van der Waals surface area contributed by atoms with Crippen molar-refractivity contribution in [3.05, 3.63) is 112 Å². The molecule has 0 spiro atoms. The van der Waals surface area contributed by atoms with E-state index in [-0.39, 0.29) is 11.9 Å². The lowest BCUT2D eigenvalue weighted by molar-refractivity contribution is 0.260. The molecule has 7 nitrogen and oxygen atoms in total. The largest absolute Gasteiger partial charge is 0.377 e. The lowest BCUT2D eigenvalue weighted by Crippen LogP contribution is -2.38. The highest BCUT2D eigenvalue weighted by Gasteiger charge is 2.32. The minimum absolute atomic E-state index is 0.0557. The van der Waals surface area contributed by atoms with Gasteiger partial charge in [-0.2, -0.15) is 5.26 Å². The molecule has 1 fully saturated rings. The van der Waals surface area contributed by atoms with Crippen molar-refractivity contribution >= 4 is 33.9 Å². The summed E-state index contributed by atoms with van der Waals surface area (Å²) in [4.78, 5) is 4.50. The highest BCUT2D eigenvalue weighted by Crippen LogP contribution is 2.38. The quantitative estimate of drug-likeness (QED) is 0.169. The second-order valence-electron chi connectivity index (χ2n) is 10.5. The molecule has 0 amide bonds. The Bertz CT molecular complexity index is 1720. The molecule has 0 bridgehead atoms. The molecule has 0 unspecified atom stereocenters. The second-order valence-corrected chi connectivity index (χ2v) is 10.9. The molecule has 4 aromatic rings. The third-order valence-corrected chi connectivity index (χ3v) is 7.70. The first kappa shape index (κ1) is 25.6. The van der Waals surface area contributed by atoms with Crippen LogP contribution in [0.3, 0.4) is 0 Å². The molecule has 1 aliphatic heterocycles. The SMILES string of the molecule is [2H][C@](Nc1cc(Cl)c2ncc(C#N)c(N[C@H](CC)c3cccc(C)c3)c2c1)(C1=CN(C2CC2)NN1)c1ccc(F)cc1. The van der Waals surface area contributed by atoms with E-state index in [9.17, 15) is 11.0 Å². The van der Waals surface area contributed by atoms with Gasteiger partial charge in [-0.3, -0.25) is 9.99 Å². The maximum atomic E-state index is 13.9. The number of halogens is 2. The Balaban J connectivity index is 1.44. The first-order valence-corrected chi connectivity index (χ1v) is 14.1. The number of pyridine rings is 1. The van der Waals surface area contributed by atoms with Gasteiger partial charge in [0.05, 0.1) is 40.9 Å². The molecular weight excluding hydrogens is 537 g/mol. The number of anilines is 2. The van der Waals surface area contributed by atoms with Gasteiger partial charge in [0, 0.05) is 29.5 Å². The van der Waals surface area contributed by atoms with Gasteiger partial charge >= 0.3 is 0 Å². The zero-order valence-corrected chi connectivity index (χ0v) is 23.6. The Labute approximate surface area is 245 Å². The van der Waals surface area contributed by atoms with Crippen LogP contribution in [0.2, 0.25) is 5.02 Å². The van der Waals surface area contributed by atoms with Gasteiger partial charge in [0.15, 0.2) is 0 Å². The molecule has 4 N–H and O–H groups in total. The molecule has 2 aliphatic rings. The average Bonchev–Trinajstić information content (AvgIpc) is 3.71. The van der Waals surface area contributed by atoms with Crippen LogP contribution in [0.1, 0.15) is 61.9 Å². The monoisotopic (exact) mass is 568 g/mol. The van der Waals surface area contributed by atoms with E-state index in [2.05, 4.69) is 64.7 Å². The third-order valence-electron chi connectivity index (χ3n) is 7.42. The number of nitriles is 1. The third kappa shape index (κ3) is 5.64. The molecule has 208 valence electrons. The normalized spacial score (nSPS) is 17.2. The summed E-state index contributed by atoms with van der Waals surface area (Å²) in [7, 11) is 0. The topological polar surface area (TPSA) is 88.0 Å². The van der Waals surface area contributed by atoms with Gasteiger partial charge in [-0.1, -0.05) is 60.5 Å². The molecule has 9 heteroatoms. The fourth-order valence-corrected chi connectivity index (χ4v) is 5.38. The van der Waals surface area contributed by atoms with Crippen LogP contribution >= 0.6 is 11.6 Å². The second kappa shape index (κ2) is 11.3. The molecule has 1 aliphatic carbocycles. The summed E-state index contributed by atoms with van der Waals surface area (Å²) in [6.07, 6.45) is 6.33. The highest BCUT2D eigenvalue weighted by molar-refractivity contribution is 6.35. The molecule has 0 saturated heterocycles. The van der Waals surface area contributed by atoms with Crippen molar-refractivity contribution in [3.8, 4) is 6.07 Å². The maximum Gasteiger partial charge on any atom is 0.123 e. The first-order chi connectivity index (χ1) is 20.3. The number of rotatable bonds is 9. The Hall–Kier alpha value is -4.32. The average molecular weight is 569 g/mol. The summed E-state index contributed by atoms with van der Waals surface area (Å²) in [6.45, 7) is 4.15. The Morgan fingerprint density at radius 3 is 2.68 bits per heavy atom. The van der Waals surface area contributed by atoms with Crippen molar-refractivity contribution in [1.29, 1.82) is 5.26 Å². The van der Waals surface area contributed by atoms with E-state index in [1.165, 1.54) is 18.3 Å². The molecule has 3 aromatic carbocycles. The Morgan fingerprint density at radius 1 is 1.17 bits per heavy atom. The zero-order chi connectivity index (χ0) is 29.4. The molecule has 2 heterocycles. The van der Waals surface area contributed by atoms with Crippen LogP contribution in [-0.4, -0.2) is 16.0 Å². The molecule has 1 saturated carbocycles. The summed E-state index contributed by atoms with van der Waals surface area (Å²) >= 11 is 6.79. The van der Waals surface area contributed by atoms with Gasteiger partial charge < -0.3 is 16.1 Å². The molecule has 2 atom stereocenters. The molecule has 41 heavy (non-hydrogen) atoms. The molecule has 0 radical (unpaired) electrons. The van der Waals surface area contributed by atoms with E-state index in [0.717, 1.165) is 30.4 Å². The lowest BCUT2D eigenvalue weighted by atomic mass is 10.00. The van der Waals surface area contributed by atoms with Crippen molar-refractivity contribution in [2.24, 2.45) is 0 Å². The van der Waals surface area contributed by atoms with Gasteiger partial charge in [0.25, 0.3) is 0 Å². The number of fused-ring (bicyclic) bond motifs is 1. The minimum Gasteiger partial charge on any atom is -0.377 e. The van der Waals surface area contributed by atoms with E-state index in [0.29, 0.717) is 50.2 Å². The van der Waals surface area contributed by atoms with E-state index in [4.69, 9.17) is 11.6 Å². The number of hydrogen-bond acceptors (Lipinski definition) is 7. The van der Waals surface area contributed by atoms with Crippen LogP contribution in [0.5, 0.6) is 0 Å². The summed E-state index contributed by atoms with van der Waals surface area (Å²) in [6, 6.07) is 18.8. The number of benzene rings is 3. The van der Waals surface area contributed by atoms with Crippen LogP contribution in [0.15, 0.2) is 78.8 Å². The Morgan fingerprint density at radius 2 is 1.98 bits per heavy atom. The van der Waals surface area contributed by atoms with Gasteiger partial charge in [-0.05, 0) is 61.6 Å². The zero-order valence-electron chi connectivity index (χ0n) is 23.8. The maximum absolute atomic E-state index is 13.9.